The topological polar surface area (TPSA) is 70.3 Å². The van der Waals surface area contributed by atoms with Crippen LogP contribution in [-0.4, -0.2) is 62.0 Å². The maximum absolute atomic E-state index is 10.5. The molecule has 0 radical (unpaired) electrons. The van der Waals surface area contributed by atoms with Crippen LogP contribution in [0, 0.1) is 5.92 Å². The van der Waals surface area contributed by atoms with E-state index in [1.807, 2.05) is 35.0 Å². The molecule has 1 N–H and O–H groups in total. The predicted molar refractivity (Wildman–Crippen MR) is 112 cm³/mol. The first-order valence-electron chi connectivity index (χ1n) is 10.0. The second-order valence-corrected chi connectivity index (χ2v) is 8.67. The first-order chi connectivity index (χ1) is 13.9. The Labute approximate surface area is 170 Å². The number of phenolic OH excluding ortho intramolecular Hbond substituents is 1. The minimum atomic E-state index is 0.177. The van der Waals surface area contributed by atoms with E-state index in [1.165, 1.54) is 6.42 Å². The molecular formula is C22H26N6O. The minimum absolute atomic E-state index is 0.177. The summed E-state index contributed by atoms with van der Waals surface area (Å²) in [4.78, 5) is 8.81. The number of fused-ring (bicyclic) bond motifs is 2. The smallest absolute Gasteiger partial charge is 0.151 e. The molecule has 5 rings (SSSR count). The molecule has 2 aromatic heterocycles. The van der Waals surface area contributed by atoms with Crippen LogP contribution in [0.1, 0.15) is 19.8 Å². The van der Waals surface area contributed by atoms with Gasteiger partial charge in [0.1, 0.15) is 5.75 Å². The second-order valence-electron chi connectivity index (χ2n) is 8.67. The Morgan fingerprint density at radius 2 is 2.03 bits per heavy atom. The minimum Gasteiger partial charge on any atom is -0.507 e. The number of nitrogens with zero attached hydrogens (tertiary/aromatic N) is 6. The van der Waals surface area contributed by atoms with Crippen molar-refractivity contribution in [3.8, 4) is 22.7 Å². The number of likely N-dealkylation sites (tertiary alicyclic amines) is 1. The molecule has 0 amide bonds. The van der Waals surface area contributed by atoms with Gasteiger partial charge in [-0.15, -0.1) is 10.2 Å². The fraction of sp³-hybridized carbons (Fsp3) is 0.409. The van der Waals surface area contributed by atoms with Gasteiger partial charge in [-0.2, -0.15) is 0 Å². The van der Waals surface area contributed by atoms with E-state index in [-0.39, 0.29) is 5.75 Å². The van der Waals surface area contributed by atoms with Crippen LogP contribution in [0.4, 0.5) is 5.82 Å². The van der Waals surface area contributed by atoms with Gasteiger partial charge in [-0.05, 0) is 57.0 Å². The van der Waals surface area contributed by atoms with Crippen molar-refractivity contribution in [3.63, 3.8) is 0 Å². The predicted octanol–water partition coefficient (Wildman–Crippen LogP) is 2.95. The Balaban J connectivity index is 1.36. The van der Waals surface area contributed by atoms with E-state index in [4.69, 9.17) is 0 Å². The lowest BCUT2D eigenvalue weighted by molar-refractivity contribution is 0.157. The number of imidazole rings is 1. The van der Waals surface area contributed by atoms with Crippen LogP contribution in [0.3, 0.4) is 0 Å². The van der Waals surface area contributed by atoms with Gasteiger partial charge in [0.25, 0.3) is 0 Å². The van der Waals surface area contributed by atoms with Gasteiger partial charge < -0.3 is 19.5 Å². The van der Waals surface area contributed by atoms with Crippen molar-refractivity contribution in [2.75, 3.05) is 25.5 Å². The molecule has 2 aliphatic rings. The quantitative estimate of drug-likeness (QED) is 0.739. The molecule has 2 fully saturated rings. The van der Waals surface area contributed by atoms with Crippen molar-refractivity contribution >= 4 is 5.82 Å². The number of anilines is 1. The highest BCUT2D eigenvalue weighted by molar-refractivity contribution is 5.69. The molecule has 2 bridgehead atoms. The zero-order valence-corrected chi connectivity index (χ0v) is 17.0. The maximum Gasteiger partial charge on any atom is 0.151 e. The van der Waals surface area contributed by atoms with Crippen LogP contribution in [-0.2, 0) is 0 Å². The average molecular weight is 390 g/mol. The molecule has 3 aromatic rings. The first kappa shape index (κ1) is 18.1. The summed E-state index contributed by atoms with van der Waals surface area (Å²) in [6.07, 6.45) is 7.66. The molecule has 3 heterocycles. The van der Waals surface area contributed by atoms with Gasteiger partial charge in [0, 0.05) is 49.2 Å². The zero-order valence-electron chi connectivity index (χ0n) is 17.0. The fourth-order valence-corrected chi connectivity index (χ4v) is 5.06. The molecule has 7 heteroatoms. The van der Waals surface area contributed by atoms with Crippen LogP contribution in [0.2, 0.25) is 0 Å². The van der Waals surface area contributed by atoms with Crippen molar-refractivity contribution in [2.24, 2.45) is 5.92 Å². The third kappa shape index (κ3) is 2.97. The average Bonchev–Trinajstić information content (AvgIpc) is 3.42. The largest absolute Gasteiger partial charge is 0.507 e. The van der Waals surface area contributed by atoms with Gasteiger partial charge in [-0.3, -0.25) is 0 Å². The fourth-order valence-electron chi connectivity index (χ4n) is 5.06. The van der Waals surface area contributed by atoms with Gasteiger partial charge in [-0.1, -0.05) is 0 Å². The Kier molecular flexibility index (Phi) is 4.10. The van der Waals surface area contributed by atoms with E-state index in [9.17, 15) is 5.11 Å². The third-order valence-electron chi connectivity index (χ3n) is 6.89. The number of hydrogen-bond donors (Lipinski definition) is 1. The molecule has 150 valence electrons. The van der Waals surface area contributed by atoms with Crippen molar-refractivity contribution in [1.82, 2.24) is 24.6 Å². The van der Waals surface area contributed by atoms with E-state index in [0.29, 0.717) is 28.8 Å². The number of rotatable bonds is 4. The maximum atomic E-state index is 10.5. The molecule has 7 nitrogen and oxygen atoms in total. The van der Waals surface area contributed by atoms with E-state index in [2.05, 4.69) is 46.0 Å². The molecule has 29 heavy (non-hydrogen) atoms. The summed E-state index contributed by atoms with van der Waals surface area (Å²) in [6.45, 7) is 3.51. The molecule has 0 spiro atoms. The lowest BCUT2D eigenvalue weighted by atomic mass is 9.97. The highest BCUT2D eigenvalue weighted by atomic mass is 16.3. The summed E-state index contributed by atoms with van der Waals surface area (Å²) in [5.41, 5.74) is 2.49. The number of phenols is 1. The standard InChI is InChI=1S/C22H26N6O/c1-22-11-15(13-26(22)2)19(12-22)27(3)21-7-6-18(24-25-21)17-5-4-16(10-20(17)29)28-9-8-23-14-28/h4-10,14-15,19,29H,11-13H2,1-3H3/t15-,19+,22-/m0/s1. The second kappa shape index (κ2) is 6.56. The number of hydrogen-bond acceptors (Lipinski definition) is 6. The van der Waals surface area contributed by atoms with Crippen LogP contribution >= 0.6 is 0 Å². The Hall–Kier alpha value is -2.93. The highest BCUT2D eigenvalue weighted by Gasteiger charge is 2.52. The van der Waals surface area contributed by atoms with Gasteiger partial charge in [0.15, 0.2) is 5.82 Å². The van der Waals surface area contributed by atoms with Crippen LogP contribution < -0.4 is 4.90 Å². The Bertz CT molecular complexity index is 1020. The number of aromatic nitrogens is 4. The summed E-state index contributed by atoms with van der Waals surface area (Å²) < 4.78 is 1.85. The zero-order chi connectivity index (χ0) is 20.2. The normalized spacial score (nSPS) is 26.2. The molecule has 0 unspecified atom stereocenters. The van der Waals surface area contributed by atoms with E-state index in [0.717, 1.165) is 24.5 Å². The number of aromatic hydroxyl groups is 1. The molecule has 1 aliphatic carbocycles. The van der Waals surface area contributed by atoms with Crippen molar-refractivity contribution < 1.29 is 5.11 Å². The lowest BCUT2D eigenvalue weighted by Gasteiger charge is -2.39. The van der Waals surface area contributed by atoms with Crippen molar-refractivity contribution in [3.05, 3.63) is 49.1 Å². The van der Waals surface area contributed by atoms with Gasteiger partial charge in [-0.25, -0.2) is 4.98 Å². The molecule has 1 saturated heterocycles. The van der Waals surface area contributed by atoms with Gasteiger partial charge >= 0.3 is 0 Å². The van der Waals surface area contributed by atoms with Crippen LogP contribution in [0.25, 0.3) is 16.9 Å². The van der Waals surface area contributed by atoms with E-state index in [1.54, 1.807) is 18.6 Å². The summed E-state index contributed by atoms with van der Waals surface area (Å²) >= 11 is 0. The van der Waals surface area contributed by atoms with Gasteiger partial charge in [0.2, 0.25) is 0 Å². The summed E-state index contributed by atoms with van der Waals surface area (Å²) in [5, 5.41) is 19.4. The lowest BCUT2D eigenvalue weighted by Crippen LogP contribution is -2.48. The molecule has 1 aromatic carbocycles. The molecular weight excluding hydrogens is 364 g/mol. The van der Waals surface area contributed by atoms with Gasteiger partial charge in [0.05, 0.1) is 17.7 Å². The summed E-state index contributed by atoms with van der Waals surface area (Å²) in [6, 6.07) is 9.95. The first-order valence-corrected chi connectivity index (χ1v) is 10.0. The monoisotopic (exact) mass is 390 g/mol. The summed E-state index contributed by atoms with van der Waals surface area (Å²) in [5.74, 6) is 1.74. The molecule has 3 atom stereocenters. The molecule has 1 saturated carbocycles. The number of piperidine rings is 1. The van der Waals surface area contributed by atoms with E-state index >= 15 is 0 Å². The van der Waals surface area contributed by atoms with E-state index < -0.39 is 0 Å². The van der Waals surface area contributed by atoms with Crippen LogP contribution in [0.15, 0.2) is 49.1 Å². The molecule has 1 aliphatic heterocycles. The van der Waals surface area contributed by atoms with Crippen LogP contribution in [0.5, 0.6) is 5.75 Å². The summed E-state index contributed by atoms with van der Waals surface area (Å²) in [7, 11) is 4.35. The van der Waals surface area contributed by atoms with Crippen molar-refractivity contribution in [2.45, 2.75) is 31.3 Å². The SMILES string of the molecule is CN(c1ccc(-c2ccc(-n3ccnc3)cc2O)nn1)[C@@H]1C[C@]2(C)C[C@H]1CN2C. The third-order valence-corrected chi connectivity index (χ3v) is 6.89. The number of benzene rings is 1. The highest BCUT2D eigenvalue weighted by Crippen LogP contribution is 2.47. The Morgan fingerprint density at radius 3 is 2.62 bits per heavy atom. The van der Waals surface area contributed by atoms with Crippen molar-refractivity contribution in [1.29, 1.82) is 0 Å². The Morgan fingerprint density at radius 1 is 1.17 bits per heavy atom.